The van der Waals surface area contributed by atoms with Gasteiger partial charge in [0.25, 0.3) is 0 Å². The normalized spacial score (nSPS) is 34.5. The van der Waals surface area contributed by atoms with E-state index in [1.54, 1.807) is 0 Å². The van der Waals surface area contributed by atoms with Crippen LogP contribution in [0.25, 0.3) is 0 Å². The van der Waals surface area contributed by atoms with Crippen LogP contribution in [0.1, 0.15) is 32.1 Å². The van der Waals surface area contributed by atoms with Crippen LogP contribution in [0.2, 0.25) is 0 Å². The number of hydrogen-bond donors (Lipinski definition) is 1. The molecule has 0 aromatic heterocycles. The van der Waals surface area contributed by atoms with E-state index in [0.717, 1.165) is 32.2 Å². The standard InChI is InChI=1S/C11H22N2O/c1-13(10-4-2-5-10)11(8-12)6-3-7-14-9-11/h10H,2-9,12H2,1H3. The molecule has 0 radical (unpaired) electrons. The Morgan fingerprint density at radius 2 is 2.21 bits per heavy atom. The highest BCUT2D eigenvalue weighted by molar-refractivity contribution is 4.96. The van der Waals surface area contributed by atoms with Crippen LogP contribution in [0.15, 0.2) is 0 Å². The highest BCUT2D eigenvalue weighted by atomic mass is 16.5. The maximum Gasteiger partial charge on any atom is 0.0662 e. The Kier molecular flexibility index (Phi) is 3.10. The molecular weight excluding hydrogens is 176 g/mol. The number of nitrogens with zero attached hydrogens (tertiary/aromatic N) is 1. The molecule has 2 aliphatic rings. The van der Waals surface area contributed by atoms with Crippen LogP contribution in [0, 0.1) is 0 Å². The predicted octanol–water partition coefficient (Wildman–Crippen LogP) is 0.979. The van der Waals surface area contributed by atoms with E-state index in [1.807, 2.05) is 0 Å². The molecule has 2 N–H and O–H groups in total. The van der Waals surface area contributed by atoms with Gasteiger partial charge in [-0.15, -0.1) is 0 Å². The van der Waals surface area contributed by atoms with Crippen molar-refractivity contribution in [2.45, 2.75) is 43.7 Å². The molecule has 0 amide bonds. The van der Waals surface area contributed by atoms with E-state index < -0.39 is 0 Å². The summed E-state index contributed by atoms with van der Waals surface area (Å²) in [5.41, 5.74) is 6.08. The van der Waals surface area contributed by atoms with Gasteiger partial charge in [-0.2, -0.15) is 0 Å². The largest absolute Gasteiger partial charge is 0.379 e. The van der Waals surface area contributed by atoms with Crippen LogP contribution in [0.5, 0.6) is 0 Å². The first-order chi connectivity index (χ1) is 6.78. The van der Waals surface area contributed by atoms with Crippen molar-refractivity contribution in [2.24, 2.45) is 5.73 Å². The molecular formula is C11H22N2O. The van der Waals surface area contributed by atoms with Crippen LogP contribution < -0.4 is 5.73 Å². The Bertz CT molecular complexity index is 186. The van der Waals surface area contributed by atoms with Gasteiger partial charge < -0.3 is 10.5 Å². The van der Waals surface area contributed by atoms with E-state index in [0.29, 0.717) is 0 Å². The van der Waals surface area contributed by atoms with E-state index in [4.69, 9.17) is 10.5 Å². The van der Waals surface area contributed by atoms with Gasteiger partial charge in [0.15, 0.2) is 0 Å². The Morgan fingerprint density at radius 3 is 2.64 bits per heavy atom. The Hall–Kier alpha value is -0.120. The van der Waals surface area contributed by atoms with E-state index >= 15 is 0 Å². The summed E-state index contributed by atoms with van der Waals surface area (Å²) < 4.78 is 5.59. The van der Waals surface area contributed by atoms with Crippen molar-refractivity contribution >= 4 is 0 Å². The summed E-state index contributed by atoms with van der Waals surface area (Å²) >= 11 is 0. The maximum atomic E-state index is 5.93. The molecule has 1 saturated carbocycles. The quantitative estimate of drug-likeness (QED) is 0.734. The summed E-state index contributed by atoms with van der Waals surface area (Å²) in [6.07, 6.45) is 6.44. The minimum atomic E-state index is 0.142. The summed E-state index contributed by atoms with van der Waals surface area (Å²) in [5, 5.41) is 0. The molecule has 3 nitrogen and oxygen atoms in total. The van der Waals surface area contributed by atoms with Gasteiger partial charge in [-0.1, -0.05) is 6.42 Å². The Labute approximate surface area is 86.6 Å². The third kappa shape index (κ3) is 1.69. The summed E-state index contributed by atoms with van der Waals surface area (Å²) in [6, 6.07) is 0.764. The average molecular weight is 198 g/mol. The molecule has 0 bridgehead atoms. The van der Waals surface area contributed by atoms with E-state index in [-0.39, 0.29) is 5.54 Å². The van der Waals surface area contributed by atoms with Crippen molar-refractivity contribution in [3.05, 3.63) is 0 Å². The maximum absolute atomic E-state index is 5.93. The van der Waals surface area contributed by atoms with Gasteiger partial charge in [0.1, 0.15) is 0 Å². The molecule has 82 valence electrons. The molecule has 14 heavy (non-hydrogen) atoms. The second kappa shape index (κ2) is 4.17. The van der Waals surface area contributed by atoms with Crippen LogP contribution in [0.4, 0.5) is 0 Å². The molecule has 1 unspecified atom stereocenters. The van der Waals surface area contributed by atoms with Crippen molar-refractivity contribution in [3.8, 4) is 0 Å². The fourth-order valence-corrected chi connectivity index (χ4v) is 2.58. The van der Waals surface area contributed by atoms with E-state index in [9.17, 15) is 0 Å². The van der Waals surface area contributed by atoms with Crippen molar-refractivity contribution in [3.63, 3.8) is 0 Å². The summed E-state index contributed by atoms with van der Waals surface area (Å²) in [5.74, 6) is 0. The smallest absolute Gasteiger partial charge is 0.0662 e. The Balaban J connectivity index is 2.01. The minimum absolute atomic E-state index is 0.142. The number of ether oxygens (including phenoxy) is 1. The van der Waals surface area contributed by atoms with Crippen LogP contribution >= 0.6 is 0 Å². The highest BCUT2D eigenvalue weighted by Crippen LogP contribution is 2.33. The lowest BCUT2D eigenvalue weighted by Crippen LogP contribution is -2.61. The van der Waals surface area contributed by atoms with E-state index in [1.165, 1.54) is 25.7 Å². The van der Waals surface area contributed by atoms with Crippen molar-refractivity contribution < 1.29 is 4.74 Å². The van der Waals surface area contributed by atoms with Gasteiger partial charge in [0.05, 0.1) is 12.1 Å². The molecule has 1 aliphatic carbocycles. The molecule has 1 saturated heterocycles. The number of rotatable bonds is 3. The zero-order valence-corrected chi connectivity index (χ0v) is 9.17. The Morgan fingerprint density at radius 1 is 1.43 bits per heavy atom. The highest BCUT2D eigenvalue weighted by Gasteiger charge is 2.40. The first kappa shape index (κ1) is 10.4. The lowest BCUT2D eigenvalue weighted by atomic mass is 9.84. The lowest BCUT2D eigenvalue weighted by Gasteiger charge is -2.49. The number of nitrogens with two attached hydrogens (primary N) is 1. The summed E-state index contributed by atoms with van der Waals surface area (Å²) in [7, 11) is 2.23. The van der Waals surface area contributed by atoms with Crippen LogP contribution in [-0.2, 0) is 4.74 Å². The van der Waals surface area contributed by atoms with Gasteiger partial charge in [-0.25, -0.2) is 0 Å². The second-order valence-corrected chi connectivity index (χ2v) is 4.78. The molecule has 0 aromatic rings. The molecule has 1 atom stereocenters. The average Bonchev–Trinajstić information content (AvgIpc) is 2.16. The third-order valence-electron chi connectivity index (χ3n) is 4.05. The lowest BCUT2D eigenvalue weighted by molar-refractivity contribution is -0.0636. The van der Waals surface area contributed by atoms with Gasteiger partial charge in [-0.05, 0) is 32.7 Å². The molecule has 1 aliphatic heterocycles. The summed E-state index contributed by atoms with van der Waals surface area (Å²) in [4.78, 5) is 2.50. The van der Waals surface area contributed by atoms with Crippen molar-refractivity contribution in [1.82, 2.24) is 4.90 Å². The number of likely N-dealkylation sites (N-methyl/N-ethyl adjacent to an activating group) is 1. The first-order valence-corrected chi connectivity index (χ1v) is 5.79. The minimum Gasteiger partial charge on any atom is -0.379 e. The topological polar surface area (TPSA) is 38.5 Å². The predicted molar refractivity (Wildman–Crippen MR) is 57.2 cm³/mol. The van der Waals surface area contributed by atoms with Gasteiger partial charge >= 0.3 is 0 Å². The fourth-order valence-electron chi connectivity index (χ4n) is 2.58. The zero-order valence-electron chi connectivity index (χ0n) is 9.17. The second-order valence-electron chi connectivity index (χ2n) is 4.78. The molecule has 2 rings (SSSR count). The van der Waals surface area contributed by atoms with Crippen LogP contribution in [0.3, 0.4) is 0 Å². The first-order valence-electron chi connectivity index (χ1n) is 5.79. The molecule has 2 fully saturated rings. The van der Waals surface area contributed by atoms with Gasteiger partial charge in [0, 0.05) is 19.2 Å². The van der Waals surface area contributed by atoms with Gasteiger partial charge in [-0.3, -0.25) is 4.90 Å². The van der Waals surface area contributed by atoms with Crippen molar-refractivity contribution in [1.29, 1.82) is 0 Å². The zero-order chi connectivity index (χ0) is 10.0. The van der Waals surface area contributed by atoms with E-state index in [2.05, 4.69) is 11.9 Å². The third-order valence-corrected chi connectivity index (χ3v) is 4.05. The monoisotopic (exact) mass is 198 g/mol. The molecule has 0 spiro atoms. The SMILES string of the molecule is CN(C1CCC1)C1(CN)CCCOC1. The molecule has 1 heterocycles. The molecule has 0 aromatic carbocycles. The summed E-state index contributed by atoms with van der Waals surface area (Å²) in [6.45, 7) is 2.48. The van der Waals surface area contributed by atoms with Crippen molar-refractivity contribution in [2.75, 3.05) is 26.8 Å². The van der Waals surface area contributed by atoms with Crippen LogP contribution in [-0.4, -0.2) is 43.3 Å². The number of hydrogen-bond acceptors (Lipinski definition) is 3. The molecule has 3 heteroatoms. The van der Waals surface area contributed by atoms with Gasteiger partial charge in [0.2, 0.25) is 0 Å². The fraction of sp³-hybridized carbons (Fsp3) is 1.00.